The molecule has 1 aromatic carbocycles. The lowest BCUT2D eigenvalue weighted by atomic mass is 9.86. The van der Waals surface area contributed by atoms with Gasteiger partial charge in [-0.3, -0.25) is 9.59 Å². The SMILES string of the molecule is O=C(COC(=O)C[C@@H]1C[C@H]2CC[C@@H]1C2)Nc1ccc(F)cc1F. The Morgan fingerprint density at radius 3 is 2.70 bits per heavy atom. The number of fused-ring (bicyclic) bond motifs is 2. The van der Waals surface area contributed by atoms with E-state index in [2.05, 4.69) is 5.32 Å². The number of carbonyl (C=O) groups is 2. The third-order valence-corrected chi connectivity index (χ3v) is 4.88. The van der Waals surface area contributed by atoms with Gasteiger partial charge in [-0.15, -0.1) is 0 Å². The molecule has 0 aromatic heterocycles. The fourth-order valence-corrected chi connectivity index (χ4v) is 3.82. The number of amides is 1. The molecule has 1 N–H and O–H groups in total. The normalized spacial score (nSPS) is 25.4. The van der Waals surface area contributed by atoms with Crippen molar-refractivity contribution in [3.63, 3.8) is 0 Å². The molecule has 1 aromatic rings. The molecule has 2 saturated carbocycles. The topological polar surface area (TPSA) is 55.4 Å². The second kappa shape index (κ2) is 6.64. The monoisotopic (exact) mass is 323 g/mol. The van der Waals surface area contributed by atoms with E-state index in [1.165, 1.54) is 19.3 Å². The van der Waals surface area contributed by atoms with Crippen LogP contribution in [0.2, 0.25) is 0 Å². The van der Waals surface area contributed by atoms with Gasteiger partial charge >= 0.3 is 5.97 Å². The van der Waals surface area contributed by atoms with Crippen LogP contribution in [0.3, 0.4) is 0 Å². The number of ether oxygens (including phenoxy) is 1. The first-order valence-corrected chi connectivity index (χ1v) is 7.92. The van der Waals surface area contributed by atoms with Crippen LogP contribution >= 0.6 is 0 Å². The number of rotatable bonds is 5. The highest BCUT2D eigenvalue weighted by Gasteiger charge is 2.40. The van der Waals surface area contributed by atoms with Crippen molar-refractivity contribution >= 4 is 17.6 Å². The number of hydrogen-bond donors (Lipinski definition) is 1. The second-order valence-electron chi connectivity index (χ2n) is 6.47. The molecule has 124 valence electrons. The predicted molar refractivity (Wildman–Crippen MR) is 79.5 cm³/mol. The summed E-state index contributed by atoms with van der Waals surface area (Å²) in [6, 6.07) is 2.84. The van der Waals surface area contributed by atoms with Gasteiger partial charge in [0.1, 0.15) is 11.6 Å². The highest BCUT2D eigenvalue weighted by molar-refractivity contribution is 5.92. The first-order valence-electron chi connectivity index (χ1n) is 7.92. The first kappa shape index (κ1) is 15.9. The lowest BCUT2D eigenvalue weighted by molar-refractivity contribution is -0.148. The maximum absolute atomic E-state index is 13.4. The second-order valence-corrected chi connectivity index (χ2v) is 6.47. The van der Waals surface area contributed by atoms with Crippen molar-refractivity contribution in [1.29, 1.82) is 0 Å². The predicted octanol–water partition coefficient (Wildman–Crippen LogP) is 3.27. The largest absolute Gasteiger partial charge is 0.456 e. The number of anilines is 1. The Morgan fingerprint density at radius 1 is 1.22 bits per heavy atom. The van der Waals surface area contributed by atoms with Crippen molar-refractivity contribution in [3.8, 4) is 0 Å². The van der Waals surface area contributed by atoms with Crippen molar-refractivity contribution in [1.82, 2.24) is 0 Å². The Balaban J connectivity index is 1.42. The van der Waals surface area contributed by atoms with Crippen molar-refractivity contribution < 1.29 is 23.1 Å². The maximum Gasteiger partial charge on any atom is 0.306 e. The third kappa shape index (κ3) is 3.86. The van der Waals surface area contributed by atoms with Crippen LogP contribution in [0.4, 0.5) is 14.5 Å². The summed E-state index contributed by atoms with van der Waals surface area (Å²) in [5.41, 5.74) is -0.138. The Kier molecular flexibility index (Phi) is 4.59. The molecule has 0 spiro atoms. The van der Waals surface area contributed by atoms with Crippen molar-refractivity contribution in [2.45, 2.75) is 32.1 Å². The molecule has 4 nitrogen and oxygen atoms in total. The molecule has 0 unspecified atom stereocenters. The average Bonchev–Trinajstić information content (AvgIpc) is 3.11. The molecule has 2 bridgehead atoms. The smallest absolute Gasteiger partial charge is 0.306 e. The number of benzene rings is 1. The Morgan fingerprint density at radius 2 is 2.04 bits per heavy atom. The van der Waals surface area contributed by atoms with E-state index < -0.39 is 30.1 Å². The fourth-order valence-electron chi connectivity index (χ4n) is 3.82. The molecule has 1 amide bonds. The molecule has 0 radical (unpaired) electrons. The summed E-state index contributed by atoms with van der Waals surface area (Å²) >= 11 is 0. The molecule has 0 aliphatic heterocycles. The highest BCUT2D eigenvalue weighted by Crippen LogP contribution is 2.49. The molecular weight excluding hydrogens is 304 g/mol. The van der Waals surface area contributed by atoms with Crippen LogP contribution in [0.1, 0.15) is 32.1 Å². The van der Waals surface area contributed by atoms with E-state index in [0.717, 1.165) is 24.5 Å². The quantitative estimate of drug-likeness (QED) is 0.846. The number of carbonyl (C=O) groups excluding carboxylic acids is 2. The zero-order valence-corrected chi connectivity index (χ0v) is 12.7. The summed E-state index contributed by atoms with van der Waals surface area (Å²) < 4.78 is 31.1. The molecule has 2 aliphatic carbocycles. The van der Waals surface area contributed by atoms with Crippen LogP contribution in [0.5, 0.6) is 0 Å². The molecule has 2 fully saturated rings. The van der Waals surface area contributed by atoms with Crippen LogP contribution in [-0.2, 0) is 14.3 Å². The Bertz CT molecular complexity index is 620. The summed E-state index contributed by atoms with van der Waals surface area (Å²) in [4.78, 5) is 23.5. The molecule has 0 heterocycles. The van der Waals surface area contributed by atoms with Crippen LogP contribution in [0.25, 0.3) is 0 Å². The molecule has 3 rings (SSSR count). The summed E-state index contributed by atoms with van der Waals surface area (Å²) in [6.07, 6.45) is 5.09. The lowest BCUT2D eigenvalue weighted by Gasteiger charge is -2.20. The van der Waals surface area contributed by atoms with Gasteiger partial charge in [0.25, 0.3) is 5.91 Å². The average molecular weight is 323 g/mol. The molecular formula is C17H19F2NO3. The van der Waals surface area contributed by atoms with E-state index in [1.807, 2.05) is 0 Å². The van der Waals surface area contributed by atoms with Gasteiger partial charge in [0.05, 0.1) is 5.69 Å². The van der Waals surface area contributed by atoms with Gasteiger partial charge in [-0.05, 0) is 49.1 Å². The van der Waals surface area contributed by atoms with Crippen molar-refractivity contribution in [2.24, 2.45) is 17.8 Å². The molecule has 2 aliphatic rings. The molecule has 3 atom stereocenters. The van der Waals surface area contributed by atoms with E-state index in [9.17, 15) is 18.4 Å². The highest BCUT2D eigenvalue weighted by atomic mass is 19.1. The minimum Gasteiger partial charge on any atom is -0.456 e. The molecule has 6 heteroatoms. The van der Waals surface area contributed by atoms with Crippen LogP contribution in [0.15, 0.2) is 18.2 Å². The van der Waals surface area contributed by atoms with Crippen LogP contribution in [-0.4, -0.2) is 18.5 Å². The number of esters is 1. The van der Waals surface area contributed by atoms with Gasteiger partial charge in [-0.1, -0.05) is 6.42 Å². The van der Waals surface area contributed by atoms with E-state index >= 15 is 0 Å². The van der Waals surface area contributed by atoms with Gasteiger partial charge < -0.3 is 10.1 Å². The zero-order valence-electron chi connectivity index (χ0n) is 12.7. The minimum absolute atomic E-state index is 0.138. The third-order valence-electron chi connectivity index (χ3n) is 4.88. The fraction of sp³-hybridized carbons (Fsp3) is 0.529. The van der Waals surface area contributed by atoms with E-state index in [4.69, 9.17) is 4.74 Å². The summed E-state index contributed by atoms with van der Waals surface area (Å²) in [6.45, 7) is -0.462. The number of halogens is 2. The zero-order chi connectivity index (χ0) is 16.4. The van der Waals surface area contributed by atoms with Gasteiger partial charge in [-0.2, -0.15) is 0 Å². The Hall–Kier alpha value is -1.98. The van der Waals surface area contributed by atoms with Gasteiger partial charge in [0.15, 0.2) is 6.61 Å². The summed E-state index contributed by atoms with van der Waals surface area (Å²) in [5, 5.41) is 2.26. The van der Waals surface area contributed by atoms with Crippen molar-refractivity contribution in [2.75, 3.05) is 11.9 Å². The maximum atomic E-state index is 13.4. The van der Waals surface area contributed by atoms with E-state index in [0.29, 0.717) is 24.3 Å². The minimum atomic E-state index is -0.869. The number of hydrogen-bond acceptors (Lipinski definition) is 3. The summed E-state index contributed by atoms with van der Waals surface area (Å²) in [7, 11) is 0. The van der Waals surface area contributed by atoms with Gasteiger partial charge in [-0.25, -0.2) is 8.78 Å². The summed E-state index contributed by atoms with van der Waals surface area (Å²) in [5.74, 6) is -0.880. The van der Waals surface area contributed by atoms with Crippen LogP contribution < -0.4 is 5.32 Å². The van der Waals surface area contributed by atoms with Gasteiger partial charge in [0.2, 0.25) is 0 Å². The van der Waals surface area contributed by atoms with Gasteiger partial charge in [0, 0.05) is 12.5 Å². The lowest BCUT2D eigenvalue weighted by Crippen LogP contribution is -2.23. The first-order chi connectivity index (χ1) is 11.0. The molecule has 23 heavy (non-hydrogen) atoms. The Labute approximate surface area is 133 Å². The molecule has 0 saturated heterocycles. The van der Waals surface area contributed by atoms with E-state index in [1.54, 1.807) is 0 Å². The van der Waals surface area contributed by atoms with E-state index in [-0.39, 0.29) is 5.69 Å². The standard InChI is InChI=1S/C17H19F2NO3/c18-13-3-4-15(14(19)8-13)20-16(21)9-23-17(22)7-12-6-10-1-2-11(12)5-10/h3-4,8,10-12H,1-2,5-7,9H2,(H,20,21)/t10-,11+,12-/m0/s1. The number of nitrogens with one attached hydrogen (secondary N) is 1. The van der Waals surface area contributed by atoms with Crippen molar-refractivity contribution in [3.05, 3.63) is 29.8 Å². The van der Waals surface area contributed by atoms with Crippen LogP contribution in [0, 0.1) is 29.4 Å².